The van der Waals surface area contributed by atoms with Crippen molar-refractivity contribution in [1.29, 1.82) is 0 Å². The third-order valence-electron chi connectivity index (χ3n) is 5.51. The molecule has 2 nitrogen and oxygen atoms in total. The molecule has 0 radical (unpaired) electrons. The molecule has 8 heteroatoms. The molecule has 4 aromatic heterocycles. The Morgan fingerprint density at radius 3 is 2.06 bits per heavy atom. The smallest absolute Gasteiger partial charge is 0.146 e. The van der Waals surface area contributed by atoms with Crippen LogP contribution in [0.1, 0.15) is 22.9 Å². The number of nitrogens with two attached hydrogens (primary N) is 2. The first-order valence-corrected chi connectivity index (χ1v) is 15.2. The fourth-order valence-electron chi connectivity index (χ4n) is 3.91. The Morgan fingerprint density at radius 2 is 1.47 bits per heavy atom. The molecule has 1 atom stereocenters. The lowest BCUT2D eigenvalue weighted by atomic mass is 10.1. The van der Waals surface area contributed by atoms with Crippen molar-refractivity contribution < 1.29 is 4.39 Å². The molecule has 176 valence electrons. The predicted octanol–water partition coefficient (Wildman–Crippen LogP) is 8.27. The number of hydrogen-bond donors (Lipinski definition) is 2. The molecule has 0 saturated carbocycles. The van der Waals surface area contributed by atoms with Gasteiger partial charge in [-0.25, -0.2) is 4.39 Å². The molecule has 0 aliphatic carbocycles. The summed E-state index contributed by atoms with van der Waals surface area (Å²) >= 11 is 8.75. The molecule has 5 rings (SSSR count). The lowest BCUT2D eigenvalue weighted by molar-refractivity contribution is 0.329. The zero-order chi connectivity index (χ0) is 23.7. The maximum atomic E-state index is 14.6. The summed E-state index contributed by atoms with van der Waals surface area (Å²) in [7, 11) is 0. The van der Waals surface area contributed by atoms with E-state index in [9.17, 15) is 4.39 Å². The molecule has 1 aliphatic heterocycles. The van der Waals surface area contributed by atoms with Gasteiger partial charge in [0.25, 0.3) is 0 Å². The highest BCUT2D eigenvalue weighted by Gasteiger charge is 2.24. The van der Waals surface area contributed by atoms with Crippen LogP contribution in [0.25, 0.3) is 34.2 Å². The van der Waals surface area contributed by atoms with Gasteiger partial charge >= 0.3 is 0 Å². The second-order valence-corrected chi connectivity index (χ2v) is 13.3. The van der Waals surface area contributed by atoms with E-state index in [4.69, 9.17) is 11.5 Å². The van der Waals surface area contributed by atoms with Gasteiger partial charge in [-0.2, -0.15) is 0 Å². The fraction of sp³-hybridized carbons (Fsp3) is 0.231. The van der Waals surface area contributed by atoms with Crippen LogP contribution in [0.2, 0.25) is 0 Å². The quantitative estimate of drug-likeness (QED) is 0.235. The van der Waals surface area contributed by atoms with Gasteiger partial charge in [0, 0.05) is 39.0 Å². The highest BCUT2D eigenvalue weighted by molar-refractivity contribution is 8.11. The van der Waals surface area contributed by atoms with Crippen molar-refractivity contribution in [2.45, 2.75) is 25.4 Å². The van der Waals surface area contributed by atoms with E-state index in [1.165, 1.54) is 40.4 Å². The molecule has 1 unspecified atom stereocenters. The molecule has 0 saturated heterocycles. The van der Waals surface area contributed by atoms with Crippen molar-refractivity contribution in [3.05, 3.63) is 75.3 Å². The summed E-state index contributed by atoms with van der Waals surface area (Å²) in [4.78, 5) is 9.73. The van der Waals surface area contributed by atoms with Crippen LogP contribution in [-0.2, 0) is 12.8 Å². The van der Waals surface area contributed by atoms with E-state index in [1.807, 2.05) is 28.1 Å². The van der Waals surface area contributed by atoms with Crippen molar-refractivity contribution in [1.82, 2.24) is 0 Å². The van der Waals surface area contributed by atoms with Crippen LogP contribution in [0.4, 0.5) is 4.39 Å². The first-order valence-electron chi connectivity index (χ1n) is 11.0. The summed E-state index contributed by atoms with van der Waals surface area (Å²) in [6, 6.07) is 13.2. The summed E-state index contributed by atoms with van der Waals surface area (Å²) < 4.78 is 14.6. The van der Waals surface area contributed by atoms with E-state index < -0.39 is 5.67 Å². The molecule has 4 N–H and O–H groups in total. The largest absolute Gasteiger partial charge is 0.330 e. The minimum atomic E-state index is -1.41. The lowest BCUT2D eigenvalue weighted by Gasteiger charge is -2.16. The molecule has 0 bridgehead atoms. The van der Waals surface area contributed by atoms with Gasteiger partial charge in [0.05, 0.1) is 0 Å². The van der Waals surface area contributed by atoms with E-state index in [0.29, 0.717) is 13.1 Å². The maximum absolute atomic E-state index is 14.6. The van der Waals surface area contributed by atoms with Gasteiger partial charge < -0.3 is 11.5 Å². The number of hydrogen-bond acceptors (Lipinski definition) is 7. The first-order chi connectivity index (χ1) is 16.5. The Hall–Kier alpha value is -1.52. The molecule has 1 aliphatic rings. The molecular formula is C26H25FN2S5. The van der Waals surface area contributed by atoms with Gasteiger partial charge in [-0.3, -0.25) is 0 Å². The van der Waals surface area contributed by atoms with Crippen LogP contribution in [-0.4, -0.2) is 18.8 Å². The summed E-state index contributed by atoms with van der Waals surface area (Å²) in [6.45, 7) is 2.81. The molecule has 0 aromatic carbocycles. The van der Waals surface area contributed by atoms with Crippen molar-refractivity contribution in [3.63, 3.8) is 0 Å². The zero-order valence-corrected chi connectivity index (χ0v) is 22.8. The normalized spacial score (nSPS) is 17.9. The highest BCUT2D eigenvalue weighted by Crippen LogP contribution is 2.48. The van der Waals surface area contributed by atoms with Crippen molar-refractivity contribution in [2.24, 2.45) is 11.5 Å². The summed E-state index contributed by atoms with van der Waals surface area (Å²) in [6.07, 6.45) is 5.00. The molecular weight excluding hydrogens is 520 g/mol. The van der Waals surface area contributed by atoms with Gasteiger partial charge in [-0.1, -0.05) is 17.8 Å². The molecule has 34 heavy (non-hydrogen) atoms. The summed E-state index contributed by atoms with van der Waals surface area (Å²) in [5.41, 5.74) is 13.0. The number of allylic oxidation sites excluding steroid dienone is 2. The van der Waals surface area contributed by atoms with Crippen LogP contribution < -0.4 is 11.5 Å². The Labute approximate surface area is 219 Å². The SMILES string of the molecule is CC1(F)C=CSC(c2cc(CCN)c(-c3ccc(-c4sc(-c5cccs5)cc4CCN)s3)s2)=C1. The molecule has 0 spiro atoms. The minimum Gasteiger partial charge on any atom is -0.330 e. The number of thioether (sulfide) groups is 1. The highest BCUT2D eigenvalue weighted by atomic mass is 32.2. The Morgan fingerprint density at radius 1 is 0.824 bits per heavy atom. The Bertz CT molecular complexity index is 1340. The second-order valence-electron chi connectivity index (χ2n) is 8.23. The van der Waals surface area contributed by atoms with Gasteiger partial charge in [0.2, 0.25) is 0 Å². The van der Waals surface area contributed by atoms with E-state index in [2.05, 4.69) is 41.8 Å². The Kier molecular flexibility index (Phi) is 7.27. The lowest BCUT2D eigenvalue weighted by Crippen LogP contribution is -2.11. The van der Waals surface area contributed by atoms with Crippen molar-refractivity contribution in [2.75, 3.05) is 13.1 Å². The van der Waals surface area contributed by atoms with Crippen LogP contribution in [0.15, 0.2) is 59.3 Å². The first kappa shape index (κ1) is 24.2. The predicted molar refractivity (Wildman–Crippen MR) is 154 cm³/mol. The molecule has 0 fully saturated rings. The third kappa shape index (κ3) is 5.04. The van der Waals surface area contributed by atoms with Crippen LogP contribution in [0, 0.1) is 0 Å². The summed E-state index contributed by atoms with van der Waals surface area (Å²) in [5, 5.41) is 3.97. The number of alkyl halides is 1. The minimum absolute atomic E-state index is 0.587. The van der Waals surface area contributed by atoms with Crippen LogP contribution in [0.5, 0.6) is 0 Å². The van der Waals surface area contributed by atoms with Gasteiger partial charge in [0.15, 0.2) is 0 Å². The van der Waals surface area contributed by atoms with E-state index >= 15 is 0 Å². The van der Waals surface area contributed by atoms with E-state index in [1.54, 1.807) is 53.5 Å². The van der Waals surface area contributed by atoms with Gasteiger partial charge in [-0.15, -0.1) is 45.3 Å². The van der Waals surface area contributed by atoms with Crippen LogP contribution >= 0.6 is 57.1 Å². The molecule has 5 heterocycles. The van der Waals surface area contributed by atoms with E-state index in [-0.39, 0.29) is 0 Å². The summed E-state index contributed by atoms with van der Waals surface area (Å²) in [5.74, 6) is 0. The topological polar surface area (TPSA) is 52.0 Å². The third-order valence-corrected chi connectivity index (χ3v) is 11.4. The van der Waals surface area contributed by atoms with Crippen LogP contribution in [0.3, 0.4) is 0 Å². The second kappa shape index (κ2) is 10.2. The Balaban J connectivity index is 1.52. The maximum Gasteiger partial charge on any atom is 0.146 e. The van der Waals surface area contributed by atoms with Gasteiger partial charge in [0.1, 0.15) is 5.67 Å². The number of halogens is 1. The van der Waals surface area contributed by atoms with Gasteiger partial charge in [-0.05, 0) is 97.3 Å². The standard InChI is InChI=1S/C26H25FN2S5/c1-26(27)8-12-31-23(15-26)22-14-17(7-10-29)25(34-22)20-5-4-19(32-20)24-16(6-9-28)13-21(33-24)18-3-2-11-30-18/h2-5,8,11-15H,6-7,9-10,28-29H2,1H3. The zero-order valence-electron chi connectivity index (χ0n) is 18.7. The molecule has 4 aromatic rings. The average molecular weight is 545 g/mol. The van der Waals surface area contributed by atoms with Crippen molar-refractivity contribution >= 4 is 62.0 Å². The van der Waals surface area contributed by atoms with E-state index in [0.717, 1.165) is 22.6 Å². The number of rotatable bonds is 8. The molecule has 0 amide bonds. The number of thiophene rings is 4. The average Bonchev–Trinajstić information content (AvgIpc) is 3.58. The monoisotopic (exact) mass is 544 g/mol. The van der Waals surface area contributed by atoms with Crippen molar-refractivity contribution in [3.8, 4) is 29.3 Å². The fourth-order valence-corrected chi connectivity index (χ4v) is 9.59.